The molecular formula is C51H56N12O3. The third kappa shape index (κ3) is 8.39. The summed E-state index contributed by atoms with van der Waals surface area (Å²) in [6.45, 7) is 10.2. The predicted octanol–water partition coefficient (Wildman–Crippen LogP) is 7.84. The van der Waals surface area contributed by atoms with Gasteiger partial charge >= 0.3 is 0 Å². The standard InChI is InChI=1S/C51H56N12O3/c1-4-34-27-52-50(53-28-34)56-31-41-33(3)14-12-22-61(41)49(65)43-40-26-38(20-23-62(40)58-46(43)36-15-8-6-9-16-36)45-35(5-2)29-54-51(57-45)55-30-39-19-13-21-60(39)48(64)44-42-32-66-25-24-63(42)59-47(44)37-17-10-7-11-18-37/h6-11,15-18,20,23,26-29,33,39,41H,4-5,12-14,19,21-22,24-25,30-32H2,1-3H3,(H,52,53,56)(H,54,55,57)/t33-,39+,41?/m1/s1. The number of nitrogens with zero attached hydrogens (tertiary/aromatic N) is 10. The summed E-state index contributed by atoms with van der Waals surface area (Å²) in [6, 6.07) is 23.8. The van der Waals surface area contributed by atoms with Crippen molar-refractivity contribution >= 4 is 29.2 Å². The monoisotopic (exact) mass is 884 g/mol. The van der Waals surface area contributed by atoms with E-state index in [0.29, 0.717) is 92.3 Å². The van der Waals surface area contributed by atoms with Gasteiger partial charge in [0.1, 0.15) is 11.4 Å². The second-order valence-corrected chi connectivity index (χ2v) is 17.6. The number of rotatable bonds is 13. The molecule has 66 heavy (non-hydrogen) atoms. The van der Waals surface area contributed by atoms with Crippen LogP contribution in [0.25, 0.3) is 39.3 Å². The molecule has 0 aliphatic carbocycles. The summed E-state index contributed by atoms with van der Waals surface area (Å²) in [6.07, 6.45) is 12.8. The molecule has 0 spiro atoms. The molecule has 2 aromatic carbocycles. The van der Waals surface area contributed by atoms with Crippen molar-refractivity contribution in [1.29, 1.82) is 0 Å². The highest BCUT2D eigenvalue weighted by molar-refractivity contribution is 6.07. The second-order valence-electron chi connectivity index (χ2n) is 17.6. The average molecular weight is 885 g/mol. The number of likely N-dealkylation sites (tertiary alicyclic amines) is 2. The number of fused-ring (bicyclic) bond motifs is 2. The molecule has 338 valence electrons. The van der Waals surface area contributed by atoms with Gasteiger partial charge in [-0.15, -0.1) is 0 Å². The van der Waals surface area contributed by atoms with E-state index in [1.54, 1.807) is 0 Å². The minimum absolute atomic E-state index is 0.0283. The van der Waals surface area contributed by atoms with Crippen molar-refractivity contribution in [2.24, 2.45) is 5.92 Å². The minimum Gasteiger partial charge on any atom is -0.373 e. The van der Waals surface area contributed by atoms with E-state index in [1.165, 1.54) is 0 Å². The number of ether oxygens (including phenoxy) is 1. The van der Waals surface area contributed by atoms with Crippen molar-refractivity contribution in [3.63, 3.8) is 0 Å². The Morgan fingerprint density at radius 3 is 2.14 bits per heavy atom. The van der Waals surface area contributed by atoms with Crippen molar-refractivity contribution in [2.75, 3.05) is 43.4 Å². The quantitative estimate of drug-likeness (QED) is 0.116. The highest BCUT2D eigenvalue weighted by Crippen LogP contribution is 2.35. The second kappa shape index (κ2) is 18.8. The summed E-state index contributed by atoms with van der Waals surface area (Å²) in [5.41, 5.74) is 9.52. The molecule has 15 nitrogen and oxygen atoms in total. The highest BCUT2D eigenvalue weighted by atomic mass is 16.5. The smallest absolute Gasteiger partial charge is 0.258 e. The fourth-order valence-electron chi connectivity index (χ4n) is 9.82. The summed E-state index contributed by atoms with van der Waals surface area (Å²) in [5, 5.41) is 16.9. The van der Waals surface area contributed by atoms with Crippen LogP contribution in [0.15, 0.2) is 97.6 Å². The Hall–Kier alpha value is -7.00. The van der Waals surface area contributed by atoms with Crippen LogP contribution in [0.3, 0.4) is 0 Å². The Balaban J connectivity index is 0.938. The van der Waals surface area contributed by atoms with Gasteiger partial charge in [-0.25, -0.2) is 24.5 Å². The average Bonchev–Trinajstić information content (AvgIpc) is 4.11. The Morgan fingerprint density at radius 2 is 1.39 bits per heavy atom. The van der Waals surface area contributed by atoms with Gasteiger partial charge in [0.15, 0.2) is 0 Å². The highest BCUT2D eigenvalue weighted by Gasteiger charge is 2.37. The summed E-state index contributed by atoms with van der Waals surface area (Å²) in [7, 11) is 0. The van der Waals surface area contributed by atoms with Gasteiger partial charge in [0.2, 0.25) is 11.9 Å². The first kappa shape index (κ1) is 42.9. The predicted molar refractivity (Wildman–Crippen MR) is 254 cm³/mol. The number of piperidine rings is 1. The Bertz CT molecular complexity index is 2840. The fourth-order valence-corrected chi connectivity index (χ4v) is 9.82. The van der Waals surface area contributed by atoms with E-state index in [4.69, 9.17) is 24.9 Å². The SMILES string of the molecule is CCc1cnc(NCC2[C@H](C)CCCN2C(=O)c2c(-c3ccccc3)nn3ccc(-c4nc(NC[C@@H]5CCCN5C(=O)c5c(-c6ccccc6)nn6c5COCC6)ncc4CC)cc23)nc1. The number of aryl methyl sites for hydroxylation is 2. The lowest BCUT2D eigenvalue weighted by molar-refractivity contribution is 0.0542. The number of carbonyl (C=O) groups excluding carboxylic acids is 2. The van der Waals surface area contributed by atoms with Crippen LogP contribution in [0, 0.1) is 5.92 Å². The largest absolute Gasteiger partial charge is 0.373 e. The van der Waals surface area contributed by atoms with E-state index >= 15 is 4.79 Å². The minimum atomic E-state index is -0.0822. The molecule has 3 aliphatic rings. The first-order valence-electron chi connectivity index (χ1n) is 23.5. The van der Waals surface area contributed by atoms with Gasteiger partial charge in [0, 0.05) is 73.7 Å². The number of carbonyl (C=O) groups is 2. The molecule has 3 aliphatic heterocycles. The molecule has 2 amide bonds. The maximum Gasteiger partial charge on any atom is 0.258 e. The van der Waals surface area contributed by atoms with E-state index in [9.17, 15) is 4.79 Å². The molecule has 5 aromatic heterocycles. The fraction of sp³-hybridized carbons (Fsp3) is 0.373. The maximum absolute atomic E-state index is 15.2. The number of anilines is 2. The lowest BCUT2D eigenvalue weighted by atomic mass is 9.89. The van der Waals surface area contributed by atoms with Gasteiger partial charge in [-0.1, -0.05) is 81.4 Å². The normalized spacial score (nSPS) is 18.4. The molecule has 0 saturated carbocycles. The van der Waals surface area contributed by atoms with E-state index in [0.717, 1.165) is 71.3 Å². The lowest BCUT2D eigenvalue weighted by Gasteiger charge is -2.40. The molecule has 3 atom stereocenters. The molecule has 0 radical (unpaired) electrons. The zero-order valence-corrected chi connectivity index (χ0v) is 37.9. The van der Waals surface area contributed by atoms with Gasteiger partial charge in [-0.05, 0) is 67.7 Å². The first-order valence-corrected chi connectivity index (χ1v) is 23.5. The van der Waals surface area contributed by atoms with Crippen molar-refractivity contribution < 1.29 is 14.3 Å². The van der Waals surface area contributed by atoms with E-state index < -0.39 is 0 Å². The van der Waals surface area contributed by atoms with Crippen LogP contribution in [0.5, 0.6) is 0 Å². The molecule has 0 bridgehead atoms. The molecule has 2 fully saturated rings. The van der Waals surface area contributed by atoms with E-state index in [2.05, 4.69) is 41.4 Å². The van der Waals surface area contributed by atoms with Crippen molar-refractivity contribution in [2.45, 2.75) is 84.5 Å². The summed E-state index contributed by atoms with van der Waals surface area (Å²) in [5.74, 6) is 1.21. The summed E-state index contributed by atoms with van der Waals surface area (Å²) >= 11 is 0. The van der Waals surface area contributed by atoms with Gasteiger partial charge in [-0.2, -0.15) is 10.2 Å². The van der Waals surface area contributed by atoms with Crippen LogP contribution in [-0.4, -0.2) is 106 Å². The van der Waals surface area contributed by atoms with E-state index in [1.807, 2.05) is 117 Å². The number of hydrogen-bond donors (Lipinski definition) is 2. The van der Waals surface area contributed by atoms with Crippen LogP contribution in [-0.2, 0) is 30.7 Å². The molecule has 10 rings (SSSR count). The third-order valence-corrected chi connectivity index (χ3v) is 13.5. The number of pyridine rings is 1. The molecule has 15 heteroatoms. The first-order chi connectivity index (χ1) is 32.4. The molecule has 2 saturated heterocycles. The molecule has 1 unspecified atom stereocenters. The van der Waals surface area contributed by atoms with Crippen LogP contribution >= 0.6 is 0 Å². The van der Waals surface area contributed by atoms with Crippen LogP contribution in [0.4, 0.5) is 11.9 Å². The molecule has 2 N–H and O–H groups in total. The Labute approximate surface area is 384 Å². The van der Waals surface area contributed by atoms with Gasteiger partial charge in [0.05, 0.1) is 53.8 Å². The molecular weight excluding hydrogens is 829 g/mol. The Kier molecular flexibility index (Phi) is 12.3. The van der Waals surface area contributed by atoms with Crippen molar-refractivity contribution in [3.8, 4) is 33.8 Å². The molecule has 7 aromatic rings. The van der Waals surface area contributed by atoms with E-state index in [-0.39, 0.29) is 29.8 Å². The third-order valence-electron chi connectivity index (χ3n) is 13.5. The molecule has 8 heterocycles. The zero-order valence-electron chi connectivity index (χ0n) is 37.9. The number of benzene rings is 2. The number of amides is 2. The zero-order chi connectivity index (χ0) is 45.1. The van der Waals surface area contributed by atoms with Gasteiger partial charge in [0.25, 0.3) is 11.8 Å². The summed E-state index contributed by atoms with van der Waals surface area (Å²) in [4.78, 5) is 52.7. The number of hydrogen-bond acceptors (Lipinski definition) is 11. The lowest BCUT2D eigenvalue weighted by Crippen LogP contribution is -2.51. The van der Waals surface area contributed by atoms with Crippen LogP contribution < -0.4 is 10.6 Å². The van der Waals surface area contributed by atoms with Crippen molar-refractivity contribution in [3.05, 3.63) is 126 Å². The van der Waals surface area contributed by atoms with Gasteiger partial charge in [-0.3, -0.25) is 14.3 Å². The number of aromatic nitrogens is 8. The van der Waals surface area contributed by atoms with Crippen LogP contribution in [0.1, 0.15) is 84.0 Å². The topological polar surface area (TPSA) is 161 Å². The van der Waals surface area contributed by atoms with Crippen molar-refractivity contribution in [1.82, 2.24) is 49.1 Å². The number of nitrogens with one attached hydrogen (secondary N) is 2. The van der Waals surface area contributed by atoms with Crippen LogP contribution in [0.2, 0.25) is 0 Å². The van der Waals surface area contributed by atoms with Gasteiger partial charge < -0.3 is 25.2 Å². The summed E-state index contributed by atoms with van der Waals surface area (Å²) < 4.78 is 9.58. The maximum atomic E-state index is 15.2. The Morgan fingerprint density at radius 1 is 0.712 bits per heavy atom.